The third-order valence-corrected chi connectivity index (χ3v) is 3.43. The van der Waals surface area contributed by atoms with E-state index in [1.54, 1.807) is 5.57 Å². The van der Waals surface area contributed by atoms with E-state index in [2.05, 4.69) is 38.7 Å². The Kier molecular flexibility index (Phi) is 8.41. The van der Waals surface area contributed by atoms with Crippen LogP contribution in [-0.2, 0) is 6.54 Å². The van der Waals surface area contributed by atoms with Crippen molar-refractivity contribution in [2.75, 3.05) is 20.1 Å². The van der Waals surface area contributed by atoms with Crippen LogP contribution in [0.5, 0.6) is 0 Å². The van der Waals surface area contributed by atoms with Crippen LogP contribution in [0.4, 0.5) is 0 Å². The smallest absolute Gasteiger partial charge is 0.191 e. The van der Waals surface area contributed by atoms with E-state index in [9.17, 15) is 0 Å². The third kappa shape index (κ3) is 5.98. The van der Waals surface area contributed by atoms with E-state index in [1.165, 1.54) is 19.3 Å². The van der Waals surface area contributed by atoms with Crippen molar-refractivity contribution in [1.29, 1.82) is 0 Å². The molecule has 112 valence electrons. The number of hydrogen-bond donors (Lipinski definition) is 2. The molecule has 4 nitrogen and oxygen atoms in total. The van der Waals surface area contributed by atoms with Gasteiger partial charge in [-0.1, -0.05) is 11.6 Å². The van der Waals surface area contributed by atoms with Crippen LogP contribution in [0.2, 0.25) is 0 Å². The summed E-state index contributed by atoms with van der Waals surface area (Å²) in [6, 6.07) is 4.09. The number of aromatic nitrogens is 1. The van der Waals surface area contributed by atoms with Gasteiger partial charge in [0.05, 0.1) is 0 Å². The van der Waals surface area contributed by atoms with Crippen LogP contribution >= 0.6 is 24.0 Å². The molecule has 0 saturated carbocycles. The second kappa shape index (κ2) is 9.85. The van der Waals surface area contributed by atoms with Crippen molar-refractivity contribution in [1.82, 2.24) is 15.2 Å². The van der Waals surface area contributed by atoms with Gasteiger partial charge in [-0.3, -0.25) is 4.99 Å². The predicted octanol–water partition coefficient (Wildman–Crippen LogP) is 2.77. The van der Waals surface area contributed by atoms with Crippen LogP contribution in [0, 0.1) is 0 Å². The largest absolute Gasteiger partial charge is 0.356 e. The summed E-state index contributed by atoms with van der Waals surface area (Å²) >= 11 is 0. The minimum atomic E-state index is 0. The summed E-state index contributed by atoms with van der Waals surface area (Å²) < 4.78 is 2.16. The monoisotopic (exact) mass is 388 g/mol. The Morgan fingerprint density at radius 3 is 2.65 bits per heavy atom. The Hall–Kier alpha value is -0.980. The fourth-order valence-corrected chi connectivity index (χ4v) is 2.35. The molecule has 0 amide bonds. The number of guanidine groups is 1. The average molecular weight is 388 g/mol. The van der Waals surface area contributed by atoms with Gasteiger partial charge in [-0.25, -0.2) is 0 Å². The van der Waals surface area contributed by atoms with Gasteiger partial charge in [0.1, 0.15) is 0 Å². The van der Waals surface area contributed by atoms with Crippen LogP contribution in [0.15, 0.2) is 41.2 Å². The molecule has 1 aliphatic rings. The van der Waals surface area contributed by atoms with Gasteiger partial charge in [-0.05, 0) is 37.8 Å². The van der Waals surface area contributed by atoms with Gasteiger partial charge in [0, 0.05) is 39.1 Å². The van der Waals surface area contributed by atoms with Crippen molar-refractivity contribution < 1.29 is 0 Å². The number of halogens is 1. The maximum absolute atomic E-state index is 4.24. The highest BCUT2D eigenvalue weighted by atomic mass is 127. The lowest BCUT2D eigenvalue weighted by Crippen LogP contribution is -2.39. The van der Waals surface area contributed by atoms with Gasteiger partial charge in [-0.2, -0.15) is 0 Å². The second-order valence-corrected chi connectivity index (χ2v) is 4.85. The maximum atomic E-state index is 4.24. The lowest BCUT2D eigenvalue weighted by atomic mass is 10.2. The highest BCUT2D eigenvalue weighted by molar-refractivity contribution is 14.0. The first-order valence-electron chi connectivity index (χ1n) is 7.11. The van der Waals surface area contributed by atoms with Gasteiger partial charge in [0.25, 0.3) is 0 Å². The molecule has 0 aromatic carbocycles. The Labute approximate surface area is 138 Å². The molecule has 5 heteroatoms. The zero-order chi connectivity index (χ0) is 13.3. The number of hydrogen-bond acceptors (Lipinski definition) is 1. The van der Waals surface area contributed by atoms with E-state index < -0.39 is 0 Å². The highest BCUT2D eigenvalue weighted by Gasteiger charge is 2.04. The molecule has 1 aromatic rings. The fourth-order valence-electron chi connectivity index (χ4n) is 2.35. The molecule has 0 unspecified atom stereocenters. The lowest BCUT2D eigenvalue weighted by Gasteiger charge is -2.12. The molecule has 0 radical (unpaired) electrons. The molecule has 20 heavy (non-hydrogen) atoms. The molecule has 0 spiro atoms. The molecule has 1 heterocycles. The highest BCUT2D eigenvalue weighted by Crippen LogP contribution is 2.19. The standard InChI is InChI=1S/C15H24N4.HI/c1-16-15(17-9-8-14-6-2-3-7-14)18-10-13-19-11-4-5-12-19;/h4-6,11-12H,2-3,7-10,13H2,1H3,(H2,16,17,18);1H. The summed E-state index contributed by atoms with van der Waals surface area (Å²) in [5.41, 5.74) is 1.59. The normalized spacial score (nSPS) is 14.7. The van der Waals surface area contributed by atoms with Crippen molar-refractivity contribution in [3.8, 4) is 0 Å². The van der Waals surface area contributed by atoms with Crippen molar-refractivity contribution in [3.63, 3.8) is 0 Å². The van der Waals surface area contributed by atoms with Crippen molar-refractivity contribution in [3.05, 3.63) is 36.2 Å². The summed E-state index contributed by atoms with van der Waals surface area (Å²) in [5.74, 6) is 0.894. The molecule has 1 aromatic heterocycles. The Bertz CT molecular complexity index is 423. The maximum Gasteiger partial charge on any atom is 0.191 e. The predicted molar refractivity (Wildman–Crippen MR) is 95.8 cm³/mol. The van der Waals surface area contributed by atoms with Gasteiger partial charge in [0.2, 0.25) is 0 Å². The van der Waals surface area contributed by atoms with Gasteiger partial charge >= 0.3 is 0 Å². The van der Waals surface area contributed by atoms with Crippen LogP contribution in [0.1, 0.15) is 25.7 Å². The van der Waals surface area contributed by atoms with Crippen LogP contribution in [-0.4, -0.2) is 30.7 Å². The number of nitrogens with one attached hydrogen (secondary N) is 2. The number of aliphatic imine (C=N–C) groups is 1. The molecular weight excluding hydrogens is 363 g/mol. The molecular formula is C15H25IN4. The van der Waals surface area contributed by atoms with Crippen molar-refractivity contribution >= 4 is 29.9 Å². The summed E-state index contributed by atoms with van der Waals surface area (Å²) in [6.07, 6.45) is 11.5. The van der Waals surface area contributed by atoms with Gasteiger partial charge in [-0.15, -0.1) is 24.0 Å². The molecule has 2 N–H and O–H groups in total. The molecule has 0 saturated heterocycles. The molecule has 1 aliphatic carbocycles. The average Bonchev–Trinajstić information content (AvgIpc) is 3.10. The quantitative estimate of drug-likeness (QED) is 0.341. The Morgan fingerprint density at radius 2 is 2.00 bits per heavy atom. The number of nitrogens with zero attached hydrogens (tertiary/aromatic N) is 2. The molecule has 0 aliphatic heterocycles. The topological polar surface area (TPSA) is 41.4 Å². The first-order valence-corrected chi connectivity index (χ1v) is 7.11. The Morgan fingerprint density at radius 1 is 1.25 bits per heavy atom. The lowest BCUT2D eigenvalue weighted by molar-refractivity contribution is 0.664. The van der Waals surface area contributed by atoms with Gasteiger partial charge in [0.15, 0.2) is 5.96 Å². The van der Waals surface area contributed by atoms with E-state index >= 15 is 0 Å². The summed E-state index contributed by atoms with van der Waals surface area (Å²) in [7, 11) is 1.82. The minimum absolute atomic E-state index is 0. The zero-order valence-corrected chi connectivity index (χ0v) is 14.5. The van der Waals surface area contributed by atoms with Crippen molar-refractivity contribution in [2.24, 2.45) is 4.99 Å². The van der Waals surface area contributed by atoms with E-state index in [1.807, 2.05) is 19.2 Å². The van der Waals surface area contributed by atoms with E-state index in [-0.39, 0.29) is 24.0 Å². The minimum Gasteiger partial charge on any atom is -0.356 e. The van der Waals surface area contributed by atoms with Crippen LogP contribution in [0.25, 0.3) is 0 Å². The summed E-state index contributed by atoms with van der Waals surface area (Å²) in [6.45, 7) is 2.81. The molecule has 0 bridgehead atoms. The number of rotatable bonds is 6. The van der Waals surface area contributed by atoms with E-state index in [0.29, 0.717) is 0 Å². The Balaban J connectivity index is 0.00000200. The van der Waals surface area contributed by atoms with Gasteiger partial charge < -0.3 is 15.2 Å². The zero-order valence-electron chi connectivity index (χ0n) is 12.1. The summed E-state index contributed by atoms with van der Waals surface area (Å²) in [5, 5.41) is 6.70. The van der Waals surface area contributed by atoms with E-state index in [4.69, 9.17) is 0 Å². The first kappa shape index (κ1) is 17.1. The van der Waals surface area contributed by atoms with E-state index in [0.717, 1.165) is 32.0 Å². The number of allylic oxidation sites excluding steroid dienone is 1. The SMILES string of the molecule is CN=C(NCCC1=CCCC1)NCCn1cccc1.I. The van der Waals surface area contributed by atoms with Crippen LogP contribution < -0.4 is 10.6 Å². The van der Waals surface area contributed by atoms with Crippen molar-refractivity contribution in [2.45, 2.75) is 32.2 Å². The molecule has 2 rings (SSSR count). The van der Waals surface area contributed by atoms with Crippen LogP contribution in [0.3, 0.4) is 0 Å². The first-order chi connectivity index (χ1) is 9.38. The molecule has 0 fully saturated rings. The third-order valence-electron chi connectivity index (χ3n) is 3.43. The molecule has 0 atom stereocenters. The second-order valence-electron chi connectivity index (χ2n) is 4.85. The fraction of sp³-hybridized carbons (Fsp3) is 0.533. The summed E-state index contributed by atoms with van der Waals surface area (Å²) in [4.78, 5) is 4.24.